The topological polar surface area (TPSA) is 95.2 Å². The second kappa shape index (κ2) is 8.64. The van der Waals surface area contributed by atoms with Crippen molar-refractivity contribution < 1.29 is 4.74 Å². The summed E-state index contributed by atoms with van der Waals surface area (Å²) >= 11 is 0. The second-order valence-electron chi connectivity index (χ2n) is 8.28. The maximum atomic E-state index is 13.3. The minimum Gasteiger partial charge on any atom is -0.380 e. The first kappa shape index (κ1) is 20.0. The highest BCUT2D eigenvalue weighted by atomic mass is 16.5. The molecule has 0 radical (unpaired) electrons. The summed E-state index contributed by atoms with van der Waals surface area (Å²) in [4.78, 5) is 28.0. The smallest absolute Gasteiger partial charge is 0.263 e. The van der Waals surface area contributed by atoms with Gasteiger partial charge in [0.15, 0.2) is 0 Å². The molecule has 8 nitrogen and oxygen atoms in total. The van der Waals surface area contributed by atoms with Gasteiger partial charge in [-0.2, -0.15) is 4.98 Å². The number of para-hydroxylation sites is 1. The van der Waals surface area contributed by atoms with Crippen LogP contribution in [0.15, 0.2) is 41.2 Å². The number of ether oxygens (including phenoxy) is 1. The van der Waals surface area contributed by atoms with Gasteiger partial charge >= 0.3 is 0 Å². The summed E-state index contributed by atoms with van der Waals surface area (Å²) in [5.74, 6) is 1.18. The molecule has 0 saturated carbocycles. The fraction of sp³-hybridized carbons (Fsp3) is 0.435. The lowest BCUT2D eigenvalue weighted by Gasteiger charge is -2.26. The molecule has 8 heteroatoms. The van der Waals surface area contributed by atoms with E-state index in [1.54, 1.807) is 7.11 Å². The molecule has 0 bridgehead atoms. The van der Waals surface area contributed by atoms with Gasteiger partial charge in [0, 0.05) is 38.2 Å². The number of nitrogens with zero attached hydrogens (tertiary/aromatic N) is 3. The first-order valence-electron chi connectivity index (χ1n) is 11.0. The van der Waals surface area contributed by atoms with Crippen molar-refractivity contribution in [2.45, 2.75) is 31.4 Å². The summed E-state index contributed by atoms with van der Waals surface area (Å²) in [5, 5.41) is 7.99. The van der Waals surface area contributed by atoms with Gasteiger partial charge in [-0.3, -0.25) is 9.78 Å². The normalized spacial score (nSPS) is 21.5. The molecule has 2 saturated heterocycles. The molecule has 31 heavy (non-hydrogen) atoms. The number of fused-ring (bicyclic) bond motifs is 1. The molecule has 0 aliphatic carbocycles. The highest BCUT2D eigenvalue weighted by Crippen LogP contribution is 2.27. The van der Waals surface area contributed by atoms with Crippen LogP contribution >= 0.6 is 0 Å². The number of benzene rings is 1. The largest absolute Gasteiger partial charge is 0.380 e. The van der Waals surface area contributed by atoms with Crippen molar-refractivity contribution in [2.75, 3.05) is 43.5 Å². The zero-order valence-corrected chi connectivity index (χ0v) is 17.7. The summed E-state index contributed by atoms with van der Waals surface area (Å²) in [6, 6.07) is 12.0. The van der Waals surface area contributed by atoms with E-state index in [-0.39, 0.29) is 17.7 Å². The Morgan fingerprint density at radius 2 is 2.06 bits per heavy atom. The van der Waals surface area contributed by atoms with Crippen molar-refractivity contribution >= 4 is 22.7 Å². The summed E-state index contributed by atoms with van der Waals surface area (Å²) in [5.41, 5.74) is 1.79. The number of methoxy groups -OCH3 is 1. The zero-order chi connectivity index (χ0) is 21.2. The monoisotopic (exact) mass is 420 g/mol. The lowest BCUT2D eigenvalue weighted by Crippen LogP contribution is -2.39. The predicted molar refractivity (Wildman–Crippen MR) is 123 cm³/mol. The van der Waals surface area contributed by atoms with Crippen LogP contribution in [0.3, 0.4) is 0 Å². The van der Waals surface area contributed by atoms with Gasteiger partial charge in [0.1, 0.15) is 11.4 Å². The Kier molecular flexibility index (Phi) is 5.57. The Labute approximate surface area is 181 Å². The highest BCUT2D eigenvalue weighted by molar-refractivity contribution is 5.83. The molecule has 0 spiro atoms. The molecule has 162 valence electrons. The number of nitrogens with one attached hydrogen (secondary N) is 3. The second-order valence-corrected chi connectivity index (χ2v) is 8.28. The SMILES string of the molecule is COC1CCN(c2nc(NC3CCCNC3)c(-c3ccc4ccccc4n3)c(=O)[nH]2)C1. The molecule has 2 aliphatic rings. The Bertz CT molecular complexity index is 1120. The van der Waals surface area contributed by atoms with Crippen molar-refractivity contribution in [2.24, 2.45) is 0 Å². The molecule has 4 heterocycles. The number of anilines is 2. The number of pyridine rings is 1. The average molecular weight is 421 g/mol. The molecule has 1 aromatic carbocycles. The molecule has 3 N–H and O–H groups in total. The summed E-state index contributed by atoms with van der Waals surface area (Å²) < 4.78 is 5.48. The van der Waals surface area contributed by atoms with Crippen LogP contribution in [-0.2, 0) is 4.74 Å². The van der Waals surface area contributed by atoms with Crippen LogP contribution in [0.5, 0.6) is 0 Å². The quantitative estimate of drug-likeness (QED) is 0.583. The van der Waals surface area contributed by atoms with E-state index in [9.17, 15) is 4.79 Å². The highest BCUT2D eigenvalue weighted by Gasteiger charge is 2.26. The van der Waals surface area contributed by atoms with Gasteiger partial charge in [-0.15, -0.1) is 0 Å². The third-order valence-electron chi connectivity index (χ3n) is 6.18. The van der Waals surface area contributed by atoms with Crippen molar-refractivity contribution in [1.82, 2.24) is 20.3 Å². The number of hydrogen-bond donors (Lipinski definition) is 3. The van der Waals surface area contributed by atoms with E-state index in [1.165, 1.54) is 0 Å². The van der Waals surface area contributed by atoms with Crippen LogP contribution in [0, 0.1) is 0 Å². The zero-order valence-electron chi connectivity index (χ0n) is 17.7. The predicted octanol–water partition coefficient (Wildman–Crippen LogP) is 2.37. The lowest BCUT2D eigenvalue weighted by molar-refractivity contribution is 0.121. The number of rotatable bonds is 5. The van der Waals surface area contributed by atoms with E-state index in [2.05, 4.69) is 20.5 Å². The first-order chi connectivity index (χ1) is 15.2. The molecule has 5 rings (SSSR count). The molecule has 0 amide bonds. The van der Waals surface area contributed by atoms with Crippen LogP contribution in [0.4, 0.5) is 11.8 Å². The van der Waals surface area contributed by atoms with E-state index < -0.39 is 0 Å². The fourth-order valence-corrected chi connectivity index (χ4v) is 4.44. The maximum Gasteiger partial charge on any atom is 0.263 e. The van der Waals surface area contributed by atoms with Crippen LogP contribution in [0.1, 0.15) is 19.3 Å². The van der Waals surface area contributed by atoms with Crippen molar-refractivity contribution in [1.29, 1.82) is 0 Å². The standard InChI is InChI=1S/C23H28N6O2/c1-31-17-10-12-29(14-17)23-27-21(25-16-6-4-11-24-13-16)20(22(30)28-23)19-9-8-15-5-2-3-7-18(15)26-19/h2-3,5,7-9,16-17,24H,4,6,10-14H2,1H3,(H2,25,27,28,30). The Morgan fingerprint density at radius 1 is 1.16 bits per heavy atom. The minimum absolute atomic E-state index is 0.158. The first-order valence-corrected chi connectivity index (χ1v) is 11.0. The average Bonchev–Trinajstić information content (AvgIpc) is 3.29. The van der Waals surface area contributed by atoms with Crippen molar-refractivity contribution in [3.8, 4) is 11.3 Å². The van der Waals surface area contributed by atoms with E-state index in [4.69, 9.17) is 14.7 Å². The van der Waals surface area contributed by atoms with Gasteiger partial charge in [0.25, 0.3) is 5.56 Å². The molecule has 2 aliphatic heterocycles. The number of piperidine rings is 1. The third-order valence-corrected chi connectivity index (χ3v) is 6.18. The van der Waals surface area contributed by atoms with E-state index in [1.807, 2.05) is 36.4 Å². The third kappa shape index (κ3) is 4.13. The summed E-state index contributed by atoms with van der Waals surface area (Å²) in [7, 11) is 1.72. The van der Waals surface area contributed by atoms with Gasteiger partial charge in [0.05, 0.1) is 17.3 Å². The van der Waals surface area contributed by atoms with Gasteiger partial charge < -0.3 is 20.3 Å². The molecular formula is C23H28N6O2. The number of hydrogen-bond acceptors (Lipinski definition) is 7. The number of H-pyrrole nitrogens is 1. The number of aromatic amines is 1. The number of aromatic nitrogens is 3. The van der Waals surface area contributed by atoms with Crippen molar-refractivity contribution in [3.05, 3.63) is 46.8 Å². The van der Waals surface area contributed by atoms with Crippen LogP contribution in [-0.4, -0.2) is 60.4 Å². The Hall–Kier alpha value is -2.97. The molecule has 2 fully saturated rings. The molecular weight excluding hydrogens is 392 g/mol. The van der Waals surface area contributed by atoms with E-state index >= 15 is 0 Å². The Balaban J connectivity index is 1.57. The minimum atomic E-state index is -0.181. The van der Waals surface area contributed by atoms with Gasteiger partial charge in [0.2, 0.25) is 5.95 Å². The molecule has 3 aromatic rings. The van der Waals surface area contributed by atoms with Crippen LogP contribution in [0.2, 0.25) is 0 Å². The van der Waals surface area contributed by atoms with Crippen molar-refractivity contribution in [3.63, 3.8) is 0 Å². The fourth-order valence-electron chi connectivity index (χ4n) is 4.44. The molecule has 2 atom stereocenters. The van der Waals surface area contributed by atoms with E-state index in [0.29, 0.717) is 23.0 Å². The maximum absolute atomic E-state index is 13.3. The molecule has 2 unspecified atom stereocenters. The Morgan fingerprint density at radius 3 is 2.87 bits per heavy atom. The van der Waals surface area contributed by atoms with Crippen LogP contribution < -0.4 is 21.1 Å². The van der Waals surface area contributed by atoms with Gasteiger partial charge in [-0.1, -0.05) is 24.3 Å². The van der Waals surface area contributed by atoms with Gasteiger partial charge in [-0.05, 0) is 37.9 Å². The van der Waals surface area contributed by atoms with Crippen LogP contribution in [0.25, 0.3) is 22.2 Å². The molecule has 2 aromatic heterocycles. The summed E-state index contributed by atoms with van der Waals surface area (Å²) in [6.07, 6.45) is 3.21. The van der Waals surface area contributed by atoms with E-state index in [0.717, 1.165) is 56.3 Å². The van der Waals surface area contributed by atoms with Gasteiger partial charge in [-0.25, -0.2) is 4.98 Å². The summed E-state index contributed by atoms with van der Waals surface area (Å²) in [6.45, 7) is 3.40. The lowest BCUT2D eigenvalue weighted by atomic mass is 10.1.